The Morgan fingerprint density at radius 1 is 1.23 bits per heavy atom. The van der Waals surface area contributed by atoms with Crippen LogP contribution in [0.25, 0.3) is 5.69 Å². The van der Waals surface area contributed by atoms with Crippen LogP contribution in [0.1, 0.15) is 19.0 Å². The van der Waals surface area contributed by atoms with Gasteiger partial charge in [0, 0.05) is 19.0 Å². The maximum Gasteiger partial charge on any atom is 0.230 e. The number of ether oxygens (including phenoxy) is 1. The van der Waals surface area contributed by atoms with Gasteiger partial charge in [0.1, 0.15) is 17.4 Å². The highest BCUT2D eigenvalue weighted by Crippen LogP contribution is 2.33. The lowest BCUT2D eigenvalue weighted by Gasteiger charge is -2.20. The summed E-state index contributed by atoms with van der Waals surface area (Å²) in [6.45, 7) is 4.43. The van der Waals surface area contributed by atoms with Gasteiger partial charge in [0.05, 0.1) is 29.6 Å². The first-order chi connectivity index (χ1) is 15.0. The van der Waals surface area contributed by atoms with E-state index in [-0.39, 0.29) is 30.6 Å². The number of carbonyl (C=O) groups excluding carboxylic acids is 2. The van der Waals surface area contributed by atoms with Crippen LogP contribution in [-0.4, -0.2) is 34.7 Å². The number of nitrogens with one attached hydrogen (secondary N) is 1. The number of benzene rings is 2. The van der Waals surface area contributed by atoms with E-state index < -0.39 is 5.92 Å². The van der Waals surface area contributed by atoms with E-state index in [0.717, 1.165) is 0 Å². The van der Waals surface area contributed by atoms with Gasteiger partial charge in [-0.15, -0.1) is 0 Å². The number of carbonyl (C=O) groups is 2. The Bertz CT molecular complexity index is 1110. The van der Waals surface area contributed by atoms with Gasteiger partial charge in [-0.3, -0.25) is 9.59 Å². The monoisotopic (exact) mass is 422 g/mol. The van der Waals surface area contributed by atoms with Crippen LogP contribution in [0.5, 0.6) is 5.75 Å². The Balaban J connectivity index is 1.52. The molecule has 8 heteroatoms. The molecule has 160 valence electrons. The van der Waals surface area contributed by atoms with Crippen molar-refractivity contribution in [3.63, 3.8) is 0 Å². The van der Waals surface area contributed by atoms with E-state index in [1.807, 2.05) is 31.2 Å². The third kappa shape index (κ3) is 4.28. The van der Waals surface area contributed by atoms with Crippen molar-refractivity contribution in [2.24, 2.45) is 5.92 Å². The zero-order chi connectivity index (χ0) is 22.0. The molecule has 31 heavy (non-hydrogen) atoms. The largest absolute Gasteiger partial charge is 0.492 e. The topological polar surface area (TPSA) is 76.5 Å². The Hall–Kier alpha value is -3.68. The quantitative estimate of drug-likeness (QED) is 0.657. The number of aromatic nitrogens is 2. The summed E-state index contributed by atoms with van der Waals surface area (Å²) in [7, 11) is 0. The number of anilines is 2. The lowest BCUT2D eigenvalue weighted by atomic mass is 10.1. The summed E-state index contributed by atoms with van der Waals surface area (Å²) >= 11 is 0. The summed E-state index contributed by atoms with van der Waals surface area (Å²) in [5.74, 6) is -0.183. The first-order valence-corrected chi connectivity index (χ1v) is 10.1. The second-order valence-electron chi connectivity index (χ2n) is 7.35. The number of amides is 2. The van der Waals surface area contributed by atoms with Gasteiger partial charge in [0.2, 0.25) is 11.8 Å². The zero-order valence-corrected chi connectivity index (χ0v) is 17.3. The SMILES string of the molecule is CCOc1ccccc1N1CC(C(=O)Nc2cc(C)nn2-c2ccc(F)cc2)CC1=O. The molecule has 1 aromatic heterocycles. The molecule has 0 radical (unpaired) electrons. The minimum Gasteiger partial charge on any atom is -0.492 e. The Kier molecular flexibility index (Phi) is 5.70. The van der Waals surface area contributed by atoms with Gasteiger partial charge in [-0.2, -0.15) is 5.10 Å². The summed E-state index contributed by atoms with van der Waals surface area (Å²) in [6.07, 6.45) is 0.107. The van der Waals surface area contributed by atoms with Gasteiger partial charge in [0.25, 0.3) is 0 Å². The van der Waals surface area contributed by atoms with E-state index in [1.54, 1.807) is 34.7 Å². The molecule has 1 N–H and O–H groups in total. The second kappa shape index (κ2) is 8.59. The molecule has 0 aliphatic carbocycles. The van der Waals surface area contributed by atoms with E-state index in [2.05, 4.69) is 10.4 Å². The summed E-state index contributed by atoms with van der Waals surface area (Å²) in [5, 5.41) is 7.26. The van der Waals surface area contributed by atoms with Crippen molar-refractivity contribution >= 4 is 23.3 Å². The predicted molar refractivity (Wildman–Crippen MR) is 115 cm³/mol. The molecule has 1 saturated heterocycles. The van der Waals surface area contributed by atoms with Crippen molar-refractivity contribution in [1.29, 1.82) is 0 Å². The van der Waals surface area contributed by atoms with Gasteiger partial charge in [-0.25, -0.2) is 9.07 Å². The number of rotatable bonds is 6. The smallest absolute Gasteiger partial charge is 0.230 e. The third-order valence-corrected chi connectivity index (χ3v) is 5.11. The molecule has 4 rings (SSSR count). The third-order valence-electron chi connectivity index (χ3n) is 5.11. The predicted octanol–water partition coefficient (Wildman–Crippen LogP) is 3.71. The van der Waals surface area contributed by atoms with Gasteiger partial charge in [-0.1, -0.05) is 12.1 Å². The molecule has 2 heterocycles. The number of halogens is 1. The molecule has 1 unspecified atom stereocenters. The molecular weight excluding hydrogens is 399 g/mol. The fourth-order valence-electron chi connectivity index (χ4n) is 3.67. The molecule has 1 aliphatic heterocycles. The summed E-state index contributed by atoms with van der Waals surface area (Å²) in [6, 6.07) is 14.9. The van der Waals surface area contributed by atoms with Crippen molar-refractivity contribution < 1.29 is 18.7 Å². The normalized spacial score (nSPS) is 15.9. The Morgan fingerprint density at radius 2 is 1.97 bits per heavy atom. The Labute approximate surface area is 179 Å². The van der Waals surface area contributed by atoms with Gasteiger partial charge in [-0.05, 0) is 50.2 Å². The molecule has 0 saturated carbocycles. The number of nitrogens with zero attached hydrogens (tertiary/aromatic N) is 3. The highest BCUT2D eigenvalue weighted by Gasteiger charge is 2.36. The number of para-hydroxylation sites is 2. The lowest BCUT2D eigenvalue weighted by molar-refractivity contribution is -0.122. The van der Waals surface area contributed by atoms with Crippen LogP contribution in [-0.2, 0) is 9.59 Å². The first kappa shape index (κ1) is 20.6. The fraction of sp³-hybridized carbons (Fsp3) is 0.261. The molecule has 7 nitrogen and oxygen atoms in total. The minimum absolute atomic E-state index is 0.107. The van der Waals surface area contributed by atoms with E-state index >= 15 is 0 Å². The fourth-order valence-corrected chi connectivity index (χ4v) is 3.67. The average Bonchev–Trinajstić information content (AvgIpc) is 3.32. The standard InChI is InChI=1S/C23H23FN4O3/c1-3-31-20-7-5-4-6-19(20)27-14-16(13-22(27)29)23(30)25-21-12-15(2)26-28(21)18-10-8-17(24)9-11-18/h4-12,16H,3,13-14H2,1-2H3,(H,25,30). The molecular formula is C23H23FN4O3. The van der Waals surface area contributed by atoms with Crippen LogP contribution in [0, 0.1) is 18.7 Å². The number of hydrogen-bond acceptors (Lipinski definition) is 4. The van der Waals surface area contributed by atoms with Crippen molar-refractivity contribution in [2.75, 3.05) is 23.4 Å². The van der Waals surface area contributed by atoms with Crippen LogP contribution < -0.4 is 15.0 Å². The molecule has 2 aromatic carbocycles. The van der Waals surface area contributed by atoms with Crippen LogP contribution in [0.3, 0.4) is 0 Å². The zero-order valence-electron chi connectivity index (χ0n) is 17.3. The molecule has 0 bridgehead atoms. The van der Waals surface area contributed by atoms with Gasteiger partial charge >= 0.3 is 0 Å². The molecule has 0 spiro atoms. The van der Waals surface area contributed by atoms with Gasteiger partial charge < -0.3 is 15.0 Å². The van der Waals surface area contributed by atoms with Crippen molar-refractivity contribution in [1.82, 2.24) is 9.78 Å². The maximum atomic E-state index is 13.3. The highest BCUT2D eigenvalue weighted by molar-refractivity contribution is 6.04. The van der Waals surface area contributed by atoms with E-state index in [1.165, 1.54) is 12.1 Å². The summed E-state index contributed by atoms with van der Waals surface area (Å²) in [4.78, 5) is 27.2. The summed E-state index contributed by atoms with van der Waals surface area (Å²) in [5.41, 5.74) is 1.99. The van der Waals surface area contributed by atoms with E-state index in [9.17, 15) is 14.0 Å². The molecule has 1 atom stereocenters. The van der Waals surface area contributed by atoms with Crippen molar-refractivity contribution in [3.05, 3.63) is 66.1 Å². The second-order valence-corrected chi connectivity index (χ2v) is 7.35. The minimum atomic E-state index is -0.515. The number of hydrogen-bond donors (Lipinski definition) is 1. The molecule has 3 aromatic rings. The Morgan fingerprint density at radius 3 is 2.71 bits per heavy atom. The molecule has 1 fully saturated rings. The van der Waals surface area contributed by atoms with Crippen LogP contribution >= 0.6 is 0 Å². The highest BCUT2D eigenvalue weighted by atomic mass is 19.1. The van der Waals surface area contributed by atoms with Crippen LogP contribution in [0.2, 0.25) is 0 Å². The van der Waals surface area contributed by atoms with Crippen molar-refractivity contribution in [2.45, 2.75) is 20.3 Å². The van der Waals surface area contributed by atoms with E-state index in [0.29, 0.717) is 35.2 Å². The van der Waals surface area contributed by atoms with E-state index in [4.69, 9.17) is 4.74 Å². The molecule has 2 amide bonds. The maximum absolute atomic E-state index is 13.3. The van der Waals surface area contributed by atoms with Gasteiger partial charge in [0.15, 0.2) is 0 Å². The first-order valence-electron chi connectivity index (χ1n) is 10.1. The van der Waals surface area contributed by atoms with Crippen LogP contribution in [0.15, 0.2) is 54.6 Å². The lowest BCUT2D eigenvalue weighted by Crippen LogP contribution is -2.29. The summed E-state index contributed by atoms with van der Waals surface area (Å²) < 4.78 is 20.4. The van der Waals surface area contributed by atoms with Crippen LogP contribution in [0.4, 0.5) is 15.9 Å². The average molecular weight is 422 g/mol. The molecule has 1 aliphatic rings. The number of aryl methyl sites for hydroxylation is 1. The van der Waals surface area contributed by atoms with Crippen molar-refractivity contribution in [3.8, 4) is 11.4 Å².